The molecule has 2 unspecified atom stereocenters. The van der Waals surface area contributed by atoms with Gasteiger partial charge in [0.25, 0.3) is 5.67 Å². The first-order chi connectivity index (χ1) is 16.2. The molecule has 0 saturated heterocycles. The van der Waals surface area contributed by atoms with Crippen LogP contribution in [0, 0.1) is 0 Å². The molecule has 22 heteroatoms. The van der Waals surface area contributed by atoms with E-state index in [4.69, 9.17) is 5.11 Å². The molecule has 0 aliphatic carbocycles. The van der Waals surface area contributed by atoms with Gasteiger partial charge >= 0.3 is 53.9 Å². The predicted molar refractivity (Wildman–Crippen MR) is 82.0 cm³/mol. The number of alkyl halides is 19. The number of aliphatic hydroxyl groups is 1. The lowest BCUT2D eigenvalue weighted by atomic mass is 9.76. The Balaban J connectivity index is 7.39. The van der Waals surface area contributed by atoms with Gasteiger partial charge in [-0.15, -0.1) is 0 Å². The molecule has 0 rings (SSSR count). The van der Waals surface area contributed by atoms with Crippen molar-refractivity contribution in [2.75, 3.05) is 6.61 Å². The van der Waals surface area contributed by atoms with Crippen LogP contribution >= 0.6 is 0 Å². The second-order valence-electron chi connectivity index (χ2n) is 7.48. The van der Waals surface area contributed by atoms with Crippen molar-refractivity contribution < 1.29 is 98.1 Å². The molecule has 3 nitrogen and oxygen atoms in total. The van der Waals surface area contributed by atoms with Gasteiger partial charge in [0.15, 0.2) is 0 Å². The van der Waals surface area contributed by atoms with Gasteiger partial charge < -0.3 is 9.84 Å². The SMILES string of the molecule is C=C(CC(F)(C(F)(F)C(F)(F)F)C(F)(F)C(F)(F)C(F)(F)C(F)(C(F)(F)F)C(F)(F)F)C(=O)OCC(C)O. The van der Waals surface area contributed by atoms with E-state index in [1.54, 1.807) is 0 Å². The number of carbonyl (C=O) groups is 1. The molecule has 2 atom stereocenters. The van der Waals surface area contributed by atoms with Crippen LogP contribution in [0.1, 0.15) is 13.3 Å². The number of aliphatic hydroxyl groups excluding tert-OH is 1. The first-order valence-corrected chi connectivity index (χ1v) is 8.84. The normalized spacial score (nSPS) is 17.6. The van der Waals surface area contributed by atoms with Gasteiger partial charge in [-0.1, -0.05) is 6.58 Å². The average molecular weight is 612 g/mol. The van der Waals surface area contributed by atoms with Crippen molar-refractivity contribution in [1.29, 1.82) is 0 Å². The van der Waals surface area contributed by atoms with E-state index in [9.17, 15) is 88.2 Å². The number of carbonyl (C=O) groups excluding carboxylic acids is 1. The fourth-order valence-electron chi connectivity index (χ4n) is 2.49. The maximum Gasteiger partial charge on any atom is 0.457 e. The lowest BCUT2D eigenvalue weighted by Crippen LogP contribution is -2.78. The summed E-state index contributed by atoms with van der Waals surface area (Å²) in [6, 6.07) is 0. The van der Waals surface area contributed by atoms with Crippen molar-refractivity contribution in [2.24, 2.45) is 0 Å². The Morgan fingerprint density at radius 2 is 1.03 bits per heavy atom. The van der Waals surface area contributed by atoms with Gasteiger partial charge in [0.1, 0.15) is 6.61 Å². The second-order valence-corrected chi connectivity index (χ2v) is 7.48. The third-order valence-electron chi connectivity index (χ3n) is 4.56. The number of esters is 1. The van der Waals surface area contributed by atoms with Crippen LogP contribution in [0.15, 0.2) is 12.2 Å². The Morgan fingerprint density at radius 1 is 0.658 bits per heavy atom. The third-order valence-corrected chi connectivity index (χ3v) is 4.56. The van der Waals surface area contributed by atoms with Crippen LogP contribution in [0.2, 0.25) is 0 Å². The van der Waals surface area contributed by atoms with Crippen molar-refractivity contribution in [3.8, 4) is 0 Å². The summed E-state index contributed by atoms with van der Waals surface area (Å²) >= 11 is 0. The Morgan fingerprint density at radius 3 is 1.32 bits per heavy atom. The number of halogens is 19. The van der Waals surface area contributed by atoms with E-state index in [0.717, 1.165) is 6.92 Å². The molecule has 0 spiro atoms. The Bertz CT molecular complexity index is 868. The number of hydrogen-bond donors (Lipinski definition) is 1. The summed E-state index contributed by atoms with van der Waals surface area (Å²) in [6.07, 6.45) is -30.1. The molecule has 1 N–H and O–H groups in total. The van der Waals surface area contributed by atoms with Gasteiger partial charge in [0.05, 0.1) is 6.10 Å². The van der Waals surface area contributed by atoms with Crippen LogP contribution in [0.25, 0.3) is 0 Å². The number of rotatable bonds is 10. The Hall–Kier alpha value is -2.16. The van der Waals surface area contributed by atoms with Crippen molar-refractivity contribution in [3.63, 3.8) is 0 Å². The zero-order chi connectivity index (χ0) is 31.4. The maximum absolute atomic E-state index is 14.8. The highest BCUT2D eigenvalue weighted by atomic mass is 19.4. The van der Waals surface area contributed by atoms with Crippen LogP contribution in [-0.4, -0.2) is 77.3 Å². The minimum atomic E-state index is -9.05. The minimum Gasteiger partial charge on any atom is -0.460 e. The molecule has 0 aromatic rings. The van der Waals surface area contributed by atoms with Crippen molar-refractivity contribution in [1.82, 2.24) is 0 Å². The molecule has 0 aromatic carbocycles. The molecule has 0 aliphatic rings. The Labute approximate surface area is 197 Å². The zero-order valence-electron chi connectivity index (χ0n) is 17.6. The molecule has 0 aliphatic heterocycles. The van der Waals surface area contributed by atoms with Gasteiger partial charge in [-0.2, -0.15) is 74.6 Å². The van der Waals surface area contributed by atoms with Crippen LogP contribution in [0.4, 0.5) is 83.4 Å². The predicted octanol–water partition coefficient (Wildman–Crippen LogP) is 6.50. The zero-order valence-corrected chi connectivity index (χ0v) is 17.6. The molecule has 38 heavy (non-hydrogen) atoms. The molecular weight excluding hydrogens is 601 g/mol. The average Bonchev–Trinajstić information content (AvgIpc) is 2.67. The number of ether oxygens (including phenoxy) is 1. The summed E-state index contributed by atoms with van der Waals surface area (Å²) < 4.78 is 257. The summed E-state index contributed by atoms with van der Waals surface area (Å²) in [5, 5.41) is 8.81. The molecule has 0 fully saturated rings. The monoisotopic (exact) mass is 612 g/mol. The van der Waals surface area contributed by atoms with E-state index in [-0.39, 0.29) is 0 Å². The van der Waals surface area contributed by atoms with Gasteiger partial charge in [-0.3, -0.25) is 0 Å². The van der Waals surface area contributed by atoms with E-state index in [1.165, 1.54) is 0 Å². The number of hydrogen-bond acceptors (Lipinski definition) is 3. The van der Waals surface area contributed by atoms with E-state index in [0.29, 0.717) is 0 Å². The summed E-state index contributed by atoms with van der Waals surface area (Å²) in [5.41, 5.74) is -19.0. The summed E-state index contributed by atoms with van der Waals surface area (Å²) in [5.74, 6) is -37.4. The summed E-state index contributed by atoms with van der Waals surface area (Å²) in [7, 11) is 0. The quantitative estimate of drug-likeness (QED) is 0.174. The van der Waals surface area contributed by atoms with Crippen LogP contribution in [0.5, 0.6) is 0 Å². The van der Waals surface area contributed by atoms with Crippen LogP contribution in [0.3, 0.4) is 0 Å². The first-order valence-electron chi connectivity index (χ1n) is 8.84. The standard InChI is InChI=1S/C16H11F19O3/c1-5(7(37)38-4-6(2)36)3-8(17,11(21,22)16(33,34)35)10(19,20)13(25,26)12(23,24)9(18,14(27,28)29)15(30,31)32/h6,36H,1,3-4H2,2H3. The van der Waals surface area contributed by atoms with Crippen LogP contribution < -0.4 is 0 Å². The Kier molecular flexibility index (Phi) is 9.23. The maximum atomic E-state index is 14.8. The molecule has 0 amide bonds. The fourth-order valence-corrected chi connectivity index (χ4v) is 2.49. The molecule has 0 aromatic heterocycles. The van der Waals surface area contributed by atoms with E-state index in [2.05, 4.69) is 11.3 Å². The largest absolute Gasteiger partial charge is 0.460 e. The third kappa shape index (κ3) is 5.19. The molecule has 0 radical (unpaired) electrons. The lowest BCUT2D eigenvalue weighted by molar-refractivity contribution is -0.464. The van der Waals surface area contributed by atoms with E-state index >= 15 is 0 Å². The topological polar surface area (TPSA) is 46.5 Å². The highest BCUT2D eigenvalue weighted by molar-refractivity contribution is 5.88. The van der Waals surface area contributed by atoms with Crippen molar-refractivity contribution in [2.45, 2.75) is 73.0 Å². The highest BCUT2D eigenvalue weighted by Gasteiger charge is 2.97. The lowest BCUT2D eigenvalue weighted by Gasteiger charge is -2.47. The highest BCUT2D eigenvalue weighted by Crippen LogP contribution is 2.66. The summed E-state index contributed by atoms with van der Waals surface area (Å²) in [4.78, 5) is 11.4. The second kappa shape index (κ2) is 9.79. The van der Waals surface area contributed by atoms with Gasteiger partial charge in [-0.25, -0.2) is 13.6 Å². The molecule has 0 saturated carbocycles. The van der Waals surface area contributed by atoms with Crippen molar-refractivity contribution in [3.05, 3.63) is 12.2 Å². The van der Waals surface area contributed by atoms with Crippen molar-refractivity contribution >= 4 is 5.97 Å². The van der Waals surface area contributed by atoms with Gasteiger partial charge in [0.2, 0.25) is 0 Å². The minimum absolute atomic E-state index is 0.759. The van der Waals surface area contributed by atoms with Crippen LogP contribution in [-0.2, 0) is 9.53 Å². The fraction of sp³-hybridized carbons (Fsp3) is 0.812. The smallest absolute Gasteiger partial charge is 0.457 e. The summed E-state index contributed by atoms with van der Waals surface area (Å²) in [6.45, 7) is 1.55. The van der Waals surface area contributed by atoms with E-state index in [1.807, 2.05) is 0 Å². The molecule has 0 heterocycles. The molecule has 226 valence electrons. The van der Waals surface area contributed by atoms with E-state index < -0.39 is 84.2 Å². The first kappa shape index (κ1) is 35.8. The molecule has 0 bridgehead atoms. The molecular formula is C16H11F19O3. The van der Waals surface area contributed by atoms with Gasteiger partial charge in [-0.05, 0) is 6.92 Å². The van der Waals surface area contributed by atoms with Gasteiger partial charge in [0, 0.05) is 12.0 Å².